The Hall–Kier alpha value is -0.870. The van der Waals surface area contributed by atoms with Gasteiger partial charge in [0.05, 0.1) is 0 Å². The Morgan fingerprint density at radius 3 is 2.47 bits per heavy atom. The molecule has 4 nitrogen and oxygen atoms in total. The van der Waals surface area contributed by atoms with Crippen molar-refractivity contribution >= 4 is 5.97 Å². The van der Waals surface area contributed by atoms with Gasteiger partial charge in [0.25, 0.3) is 0 Å². The van der Waals surface area contributed by atoms with Gasteiger partial charge in [0, 0.05) is 13.8 Å². The molecule has 0 amide bonds. The number of carbonyl (C=O) groups excluding carboxylic acids is 1. The number of cyclic esters (lactones) is 1. The zero-order chi connectivity index (χ0) is 12.9. The van der Waals surface area contributed by atoms with Crippen LogP contribution in [0.15, 0.2) is 11.6 Å². The van der Waals surface area contributed by atoms with E-state index < -0.39 is 23.0 Å². The van der Waals surface area contributed by atoms with Gasteiger partial charge in [0.15, 0.2) is 5.60 Å². The summed E-state index contributed by atoms with van der Waals surface area (Å²) in [6.07, 6.45) is 4.08. The Kier molecular flexibility index (Phi) is 2.64. The Morgan fingerprint density at radius 2 is 2.00 bits per heavy atom. The molecule has 1 saturated heterocycles. The molecule has 0 spiro atoms. The van der Waals surface area contributed by atoms with E-state index in [0.29, 0.717) is 6.42 Å². The maximum Gasteiger partial charge on any atom is 0.344 e. The normalized spacial score (nSPS) is 41.0. The molecule has 1 aliphatic heterocycles. The van der Waals surface area contributed by atoms with Crippen LogP contribution in [0.25, 0.3) is 0 Å². The van der Waals surface area contributed by atoms with Crippen molar-refractivity contribution in [3.8, 4) is 0 Å². The molecule has 1 fully saturated rings. The third kappa shape index (κ3) is 1.89. The fourth-order valence-corrected chi connectivity index (χ4v) is 2.70. The average Bonchev–Trinajstić information content (AvgIpc) is 2.36. The van der Waals surface area contributed by atoms with Gasteiger partial charge < -0.3 is 14.6 Å². The molecule has 0 aromatic rings. The Balaban J connectivity index is 2.39. The van der Waals surface area contributed by atoms with Gasteiger partial charge in [-0.1, -0.05) is 11.6 Å². The molecule has 1 heterocycles. The highest BCUT2D eigenvalue weighted by molar-refractivity contribution is 5.83. The van der Waals surface area contributed by atoms with Crippen LogP contribution in [0.1, 0.15) is 47.0 Å². The van der Waals surface area contributed by atoms with Crippen molar-refractivity contribution in [2.75, 3.05) is 0 Å². The molecule has 2 aliphatic rings. The monoisotopic (exact) mass is 240 g/mol. The number of ether oxygens (including phenoxy) is 2. The van der Waals surface area contributed by atoms with Gasteiger partial charge in [-0.2, -0.15) is 0 Å². The lowest BCUT2D eigenvalue weighted by Gasteiger charge is -2.39. The summed E-state index contributed by atoms with van der Waals surface area (Å²) < 4.78 is 10.8. The molecular formula is C13H20O4. The van der Waals surface area contributed by atoms with E-state index in [1.54, 1.807) is 26.8 Å². The van der Waals surface area contributed by atoms with Crippen molar-refractivity contribution < 1.29 is 19.4 Å². The third-order valence-corrected chi connectivity index (χ3v) is 3.62. The first-order valence-electron chi connectivity index (χ1n) is 6.03. The highest BCUT2D eigenvalue weighted by Gasteiger charge is 2.61. The van der Waals surface area contributed by atoms with Crippen LogP contribution in [0, 0.1) is 0 Å². The van der Waals surface area contributed by atoms with Crippen LogP contribution in [0.2, 0.25) is 0 Å². The van der Waals surface area contributed by atoms with E-state index in [-0.39, 0.29) is 0 Å². The van der Waals surface area contributed by atoms with Crippen molar-refractivity contribution in [3.05, 3.63) is 11.6 Å². The second-order valence-electron chi connectivity index (χ2n) is 5.69. The molecule has 0 radical (unpaired) electrons. The summed E-state index contributed by atoms with van der Waals surface area (Å²) in [5, 5.41) is 10.7. The minimum Gasteiger partial charge on any atom is -0.431 e. The SMILES string of the molecule is CC1=CC(O)(C2(C)OC(C)(C)OC2=O)CCC1. The van der Waals surface area contributed by atoms with Crippen LogP contribution in [-0.4, -0.2) is 28.1 Å². The van der Waals surface area contributed by atoms with Crippen molar-refractivity contribution in [3.63, 3.8) is 0 Å². The first-order chi connectivity index (χ1) is 7.69. The summed E-state index contributed by atoms with van der Waals surface area (Å²) in [6.45, 7) is 6.93. The maximum absolute atomic E-state index is 12.0. The highest BCUT2D eigenvalue weighted by atomic mass is 16.8. The summed E-state index contributed by atoms with van der Waals surface area (Å²) in [5.74, 6) is -1.46. The van der Waals surface area contributed by atoms with E-state index in [2.05, 4.69) is 0 Å². The summed E-state index contributed by atoms with van der Waals surface area (Å²) in [6, 6.07) is 0. The number of rotatable bonds is 1. The molecule has 96 valence electrons. The lowest BCUT2D eigenvalue weighted by molar-refractivity contribution is -0.198. The second-order valence-corrected chi connectivity index (χ2v) is 5.69. The first-order valence-corrected chi connectivity index (χ1v) is 6.03. The van der Waals surface area contributed by atoms with Gasteiger partial charge in [0.1, 0.15) is 5.60 Å². The zero-order valence-corrected chi connectivity index (χ0v) is 10.9. The largest absolute Gasteiger partial charge is 0.431 e. The first kappa shape index (κ1) is 12.6. The topological polar surface area (TPSA) is 55.8 Å². The minimum absolute atomic E-state index is 0.490. The van der Waals surface area contributed by atoms with Gasteiger partial charge >= 0.3 is 5.97 Å². The second kappa shape index (κ2) is 3.56. The highest BCUT2D eigenvalue weighted by Crippen LogP contribution is 2.44. The molecule has 0 bridgehead atoms. The standard InChI is InChI=1S/C13H20O4/c1-9-6-5-7-13(15,8-9)12(4)10(14)16-11(2,3)17-12/h8,15H,5-7H2,1-4H3. The molecule has 4 heteroatoms. The predicted octanol–water partition coefficient (Wildman–Crippen LogP) is 1.92. The molecule has 2 atom stereocenters. The van der Waals surface area contributed by atoms with Gasteiger partial charge in [0.2, 0.25) is 5.79 Å². The smallest absolute Gasteiger partial charge is 0.344 e. The number of hydrogen-bond acceptors (Lipinski definition) is 4. The van der Waals surface area contributed by atoms with E-state index in [0.717, 1.165) is 18.4 Å². The van der Waals surface area contributed by atoms with Crippen LogP contribution in [-0.2, 0) is 14.3 Å². The summed E-state index contributed by atoms with van der Waals surface area (Å²) in [4.78, 5) is 12.0. The summed E-state index contributed by atoms with van der Waals surface area (Å²) >= 11 is 0. The maximum atomic E-state index is 12.0. The fraction of sp³-hybridized carbons (Fsp3) is 0.769. The molecule has 17 heavy (non-hydrogen) atoms. The van der Waals surface area contributed by atoms with E-state index in [9.17, 15) is 9.90 Å². The molecule has 2 rings (SSSR count). The molecule has 1 aliphatic carbocycles. The van der Waals surface area contributed by atoms with Crippen molar-refractivity contribution in [2.24, 2.45) is 0 Å². The van der Waals surface area contributed by atoms with Crippen LogP contribution >= 0.6 is 0 Å². The molecular weight excluding hydrogens is 220 g/mol. The van der Waals surface area contributed by atoms with Crippen LogP contribution in [0.3, 0.4) is 0 Å². The molecule has 1 N–H and O–H groups in total. The Morgan fingerprint density at radius 1 is 1.35 bits per heavy atom. The van der Waals surface area contributed by atoms with Crippen molar-refractivity contribution in [1.29, 1.82) is 0 Å². The predicted molar refractivity (Wildman–Crippen MR) is 62.2 cm³/mol. The fourth-order valence-electron chi connectivity index (χ4n) is 2.70. The quantitative estimate of drug-likeness (QED) is 0.562. The van der Waals surface area contributed by atoms with Gasteiger partial charge in [-0.15, -0.1) is 0 Å². The Bertz CT molecular complexity index is 385. The van der Waals surface area contributed by atoms with Crippen molar-refractivity contribution in [1.82, 2.24) is 0 Å². The molecule has 2 unspecified atom stereocenters. The van der Waals surface area contributed by atoms with E-state index >= 15 is 0 Å². The lowest BCUT2D eigenvalue weighted by Crippen LogP contribution is -2.56. The van der Waals surface area contributed by atoms with Crippen molar-refractivity contribution in [2.45, 2.75) is 63.9 Å². The lowest BCUT2D eigenvalue weighted by atomic mass is 9.75. The number of aliphatic hydroxyl groups is 1. The Labute approximate surface area is 102 Å². The van der Waals surface area contributed by atoms with E-state index in [4.69, 9.17) is 9.47 Å². The van der Waals surface area contributed by atoms with Gasteiger partial charge in [-0.25, -0.2) is 4.79 Å². The minimum atomic E-state index is -1.31. The number of hydrogen-bond donors (Lipinski definition) is 1. The summed E-state index contributed by atoms with van der Waals surface area (Å²) in [7, 11) is 0. The van der Waals surface area contributed by atoms with E-state index in [1.807, 2.05) is 6.92 Å². The molecule has 0 saturated carbocycles. The van der Waals surface area contributed by atoms with Crippen LogP contribution < -0.4 is 0 Å². The van der Waals surface area contributed by atoms with Gasteiger partial charge in [-0.05, 0) is 33.1 Å². The van der Waals surface area contributed by atoms with Crippen LogP contribution in [0.4, 0.5) is 0 Å². The molecule has 0 aromatic carbocycles. The number of allylic oxidation sites excluding steroid dienone is 1. The zero-order valence-electron chi connectivity index (χ0n) is 10.9. The number of esters is 1. The average molecular weight is 240 g/mol. The third-order valence-electron chi connectivity index (χ3n) is 3.62. The van der Waals surface area contributed by atoms with Crippen LogP contribution in [0.5, 0.6) is 0 Å². The summed E-state index contributed by atoms with van der Waals surface area (Å²) in [5.41, 5.74) is -1.49. The molecule has 0 aromatic heterocycles. The van der Waals surface area contributed by atoms with E-state index in [1.165, 1.54) is 0 Å². The number of carbonyl (C=O) groups is 1. The van der Waals surface area contributed by atoms with Gasteiger partial charge in [-0.3, -0.25) is 0 Å².